The maximum Gasteiger partial charge on any atom is 0.124 e. The van der Waals surface area contributed by atoms with E-state index in [0.717, 1.165) is 17.7 Å². The molecule has 0 aromatic heterocycles. The van der Waals surface area contributed by atoms with Gasteiger partial charge >= 0.3 is 0 Å². The first-order chi connectivity index (χ1) is 10.2. The summed E-state index contributed by atoms with van der Waals surface area (Å²) in [5, 5.41) is 23.4. The summed E-state index contributed by atoms with van der Waals surface area (Å²) in [6.45, 7) is 2.60. The molecule has 21 heavy (non-hydrogen) atoms. The van der Waals surface area contributed by atoms with Gasteiger partial charge in [-0.1, -0.05) is 24.3 Å². The van der Waals surface area contributed by atoms with E-state index >= 15 is 0 Å². The fourth-order valence-corrected chi connectivity index (χ4v) is 2.89. The third kappa shape index (κ3) is 2.67. The smallest absolute Gasteiger partial charge is 0.124 e. The van der Waals surface area contributed by atoms with Gasteiger partial charge in [-0.2, -0.15) is 0 Å². The molecule has 1 aliphatic rings. The predicted molar refractivity (Wildman–Crippen MR) is 80.6 cm³/mol. The van der Waals surface area contributed by atoms with Crippen LogP contribution in [-0.4, -0.2) is 16.8 Å². The molecular weight excluding hydrogens is 266 g/mol. The average Bonchev–Trinajstić information content (AvgIpc) is 2.47. The van der Waals surface area contributed by atoms with Crippen molar-refractivity contribution in [2.45, 2.75) is 25.4 Å². The van der Waals surface area contributed by atoms with Gasteiger partial charge in [-0.25, -0.2) is 0 Å². The normalized spacial score (nSPS) is 18.6. The molecule has 2 unspecified atom stereocenters. The topological polar surface area (TPSA) is 61.7 Å². The Morgan fingerprint density at radius 2 is 1.81 bits per heavy atom. The minimum absolute atomic E-state index is 0.107. The van der Waals surface area contributed by atoms with E-state index in [4.69, 9.17) is 4.74 Å². The number of phenols is 2. The summed E-state index contributed by atoms with van der Waals surface area (Å²) in [6, 6.07) is 12.7. The second kappa shape index (κ2) is 5.66. The highest BCUT2D eigenvalue weighted by Crippen LogP contribution is 2.37. The number of para-hydroxylation sites is 1. The monoisotopic (exact) mass is 285 g/mol. The molecule has 4 heteroatoms. The molecule has 110 valence electrons. The fraction of sp³-hybridized carbons (Fsp3) is 0.294. The lowest BCUT2D eigenvalue weighted by Gasteiger charge is -2.29. The summed E-state index contributed by atoms with van der Waals surface area (Å²) in [7, 11) is 0. The summed E-state index contributed by atoms with van der Waals surface area (Å²) in [5.74, 6) is 1.11. The maximum atomic E-state index is 9.96. The van der Waals surface area contributed by atoms with Crippen molar-refractivity contribution >= 4 is 0 Å². The molecule has 1 aliphatic heterocycles. The standard InChI is InChI=1S/C17H19NO3/c1-11(17-14(19)6-4-7-15(17)20)18-13-9-10-21-16-8-3-2-5-12(13)16/h2-8,11,13,18-20H,9-10H2,1H3. The van der Waals surface area contributed by atoms with Crippen molar-refractivity contribution in [3.05, 3.63) is 53.6 Å². The molecule has 0 saturated heterocycles. The highest BCUT2D eigenvalue weighted by molar-refractivity contribution is 5.45. The molecule has 2 aromatic carbocycles. The molecule has 0 fully saturated rings. The molecule has 0 bridgehead atoms. The Balaban J connectivity index is 1.85. The van der Waals surface area contributed by atoms with Crippen LogP contribution in [0.2, 0.25) is 0 Å². The molecule has 3 N–H and O–H groups in total. The second-order valence-electron chi connectivity index (χ2n) is 5.33. The van der Waals surface area contributed by atoms with Crippen LogP contribution in [0.3, 0.4) is 0 Å². The molecule has 3 rings (SSSR count). The van der Waals surface area contributed by atoms with Gasteiger partial charge < -0.3 is 20.3 Å². The van der Waals surface area contributed by atoms with Gasteiger partial charge in [0.1, 0.15) is 17.2 Å². The van der Waals surface area contributed by atoms with E-state index in [9.17, 15) is 10.2 Å². The first kappa shape index (κ1) is 13.8. The van der Waals surface area contributed by atoms with Crippen LogP contribution in [0.5, 0.6) is 17.2 Å². The van der Waals surface area contributed by atoms with Gasteiger partial charge in [0.25, 0.3) is 0 Å². The molecule has 0 spiro atoms. The van der Waals surface area contributed by atoms with Gasteiger partial charge in [-0.05, 0) is 25.1 Å². The van der Waals surface area contributed by atoms with Gasteiger partial charge in [0, 0.05) is 24.1 Å². The minimum atomic E-state index is -0.164. The zero-order valence-corrected chi connectivity index (χ0v) is 11.9. The van der Waals surface area contributed by atoms with Crippen molar-refractivity contribution in [1.29, 1.82) is 0 Å². The number of aromatic hydroxyl groups is 2. The lowest BCUT2D eigenvalue weighted by Crippen LogP contribution is -2.29. The van der Waals surface area contributed by atoms with Crippen LogP contribution in [0.4, 0.5) is 0 Å². The lowest BCUT2D eigenvalue weighted by atomic mass is 9.98. The average molecular weight is 285 g/mol. The summed E-state index contributed by atoms with van der Waals surface area (Å²) in [5.41, 5.74) is 1.65. The van der Waals surface area contributed by atoms with Gasteiger partial charge in [-0.3, -0.25) is 0 Å². The number of benzene rings is 2. The SMILES string of the molecule is CC(NC1CCOc2ccccc21)c1c(O)cccc1O. The van der Waals surface area contributed by atoms with E-state index < -0.39 is 0 Å². The van der Waals surface area contributed by atoms with Gasteiger partial charge in [0.15, 0.2) is 0 Å². The van der Waals surface area contributed by atoms with E-state index in [2.05, 4.69) is 5.32 Å². The van der Waals surface area contributed by atoms with E-state index in [-0.39, 0.29) is 23.6 Å². The highest BCUT2D eigenvalue weighted by atomic mass is 16.5. The first-order valence-corrected chi connectivity index (χ1v) is 7.15. The zero-order valence-electron chi connectivity index (χ0n) is 11.9. The second-order valence-corrected chi connectivity index (χ2v) is 5.33. The van der Waals surface area contributed by atoms with Crippen LogP contribution in [0, 0.1) is 0 Å². The Hall–Kier alpha value is -2.20. The Labute approximate surface area is 124 Å². The Kier molecular flexibility index (Phi) is 3.71. The Bertz CT molecular complexity index is 621. The van der Waals surface area contributed by atoms with Crippen LogP contribution < -0.4 is 10.1 Å². The molecular formula is C17H19NO3. The van der Waals surface area contributed by atoms with Gasteiger partial charge in [0.05, 0.1) is 12.2 Å². The summed E-state index contributed by atoms with van der Waals surface area (Å²) >= 11 is 0. The first-order valence-electron chi connectivity index (χ1n) is 7.15. The fourth-order valence-electron chi connectivity index (χ4n) is 2.89. The van der Waals surface area contributed by atoms with Crippen molar-refractivity contribution in [3.8, 4) is 17.2 Å². The molecule has 2 aromatic rings. The van der Waals surface area contributed by atoms with Crippen molar-refractivity contribution in [2.75, 3.05) is 6.61 Å². The Morgan fingerprint density at radius 1 is 1.10 bits per heavy atom. The number of phenolic OH excluding ortho intramolecular Hbond substituents is 2. The van der Waals surface area contributed by atoms with Crippen LogP contribution in [0.25, 0.3) is 0 Å². The van der Waals surface area contributed by atoms with Crippen molar-refractivity contribution < 1.29 is 14.9 Å². The third-order valence-electron chi connectivity index (χ3n) is 3.90. The van der Waals surface area contributed by atoms with Crippen molar-refractivity contribution in [3.63, 3.8) is 0 Å². The molecule has 0 radical (unpaired) electrons. The number of ether oxygens (including phenoxy) is 1. The summed E-state index contributed by atoms with van der Waals surface area (Å²) in [6.07, 6.45) is 0.857. The number of nitrogens with one attached hydrogen (secondary N) is 1. The van der Waals surface area contributed by atoms with E-state index in [1.807, 2.05) is 31.2 Å². The number of rotatable bonds is 3. The van der Waals surface area contributed by atoms with Gasteiger partial charge in [0.2, 0.25) is 0 Å². The highest BCUT2D eigenvalue weighted by Gasteiger charge is 2.24. The van der Waals surface area contributed by atoms with Crippen molar-refractivity contribution in [1.82, 2.24) is 5.32 Å². The maximum absolute atomic E-state index is 9.96. The number of hydrogen-bond acceptors (Lipinski definition) is 4. The number of fused-ring (bicyclic) bond motifs is 1. The van der Waals surface area contributed by atoms with Crippen LogP contribution >= 0.6 is 0 Å². The van der Waals surface area contributed by atoms with Crippen LogP contribution in [-0.2, 0) is 0 Å². The third-order valence-corrected chi connectivity index (χ3v) is 3.90. The molecule has 4 nitrogen and oxygen atoms in total. The van der Waals surface area contributed by atoms with Crippen LogP contribution in [0.15, 0.2) is 42.5 Å². The number of hydrogen-bond donors (Lipinski definition) is 3. The summed E-state index contributed by atoms with van der Waals surface area (Å²) < 4.78 is 5.65. The van der Waals surface area contributed by atoms with Gasteiger partial charge in [-0.15, -0.1) is 0 Å². The lowest BCUT2D eigenvalue weighted by molar-refractivity contribution is 0.245. The minimum Gasteiger partial charge on any atom is -0.507 e. The Morgan fingerprint density at radius 3 is 2.57 bits per heavy atom. The molecule has 0 saturated carbocycles. The molecule has 0 amide bonds. The van der Waals surface area contributed by atoms with E-state index in [1.165, 1.54) is 0 Å². The van der Waals surface area contributed by atoms with Crippen LogP contribution in [0.1, 0.15) is 36.6 Å². The quantitative estimate of drug-likeness (QED) is 0.810. The van der Waals surface area contributed by atoms with Crippen molar-refractivity contribution in [2.24, 2.45) is 0 Å². The molecule has 1 heterocycles. The predicted octanol–water partition coefficient (Wildman–Crippen LogP) is 3.27. The molecule has 0 aliphatic carbocycles. The molecule has 2 atom stereocenters. The zero-order chi connectivity index (χ0) is 14.8. The van der Waals surface area contributed by atoms with E-state index in [1.54, 1.807) is 18.2 Å². The van der Waals surface area contributed by atoms with E-state index in [0.29, 0.717) is 12.2 Å². The largest absolute Gasteiger partial charge is 0.507 e. The summed E-state index contributed by atoms with van der Waals surface area (Å²) in [4.78, 5) is 0.